The zero-order valence-electron chi connectivity index (χ0n) is 42.4. The third-order valence-corrected chi connectivity index (χ3v) is 14.0. The molecule has 75 heavy (non-hydrogen) atoms. The molecule has 5 aliphatic heterocycles. The van der Waals surface area contributed by atoms with Crippen LogP contribution in [0.15, 0.2) is 0 Å². The van der Waals surface area contributed by atoms with Crippen molar-refractivity contribution in [3.8, 4) is 0 Å². The number of hydrogen-bond donors (Lipinski definition) is 14. The summed E-state index contributed by atoms with van der Waals surface area (Å²) in [6.45, 7) is 2.46. The van der Waals surface area contributed by atoms with Crippen molar-refractivity contribution < 1.29 is 97.8 Å². The molecule has 0 saturated carbocycles. The van der Waals surface area contributed by atoms with Crippen molar-refractivity contribution in [1.29, 1.82) is 0 Å². The largest absolute Gasteiger partial charge is 0.394 e. The Morgan fingerprint density at radius 2 is 1.28 bits per heavy atom. The second-order valence-electron chi connectivity index (χ2n) is 19.5. The van der Waals surface area contributed by atoms with Gasteiger partial charge in [-0.2, -0.15) is 0 Å². The molecule has 30 heteroatoms. The molecule has 5 saturated heterocycles. The van der Waals surface area contributed by atoms with Crippen LogP contribution in [0.1, 0.15) is 66.2 Å². The average Bonchev–Trinajstić information content (AvgIpc) is 4.17. The van der Waals surface area contributed by atoms with Crippen molar-refractivity contribution in [3.63, 3.8) is 0 Å². The van der Waals surface area contributed by atoms with Crippen molar-refractivity contribution in [2.75, 3.05) is 53.0 Å². The van der Waals surface area contributed by atoms with Crippen LogP contribution in [0, 0.1) is 0 Å². The molecule has 30 nitrogen and oxygen atoms in total. The lowest BCUT2D eigenvalue weighted by molar-refractivity contribution is -0.347. The first-order valence-electron chi connectivity index (χ1n) is 25.0. The number of nitrogens with zero attached hydrogens (tertiary/aromatic N) is 3. The molecule has 15 N–H and O–H groups in total. The Labute approximate surface area is 431 Å². The number of likely N-dealkylation sites (N-methyl/N-ethyl adjacent to an activating group) is 1. The number of rotatable bonds is 22. The van der Waals surface area contributed by atoms with Gasteiger partial charge in [0.15, 0.2) is 12.6 Å². The Bertz CT molecular complexity index is 2060. The number of likely N-dealkylation sites (tertiary alicyclic amines) is 3. The third kappa shape index (κ3) is 14.8. The van der Waals surface area contributed by atoms with Gasteiger partial charge in [-0.1, -0.05) is 0 Å². The highest BCUT2D eigenvalue weighted by atomic mass is 16.7. The maximum atomic E-state index is 14.5. The Kier molecular flexibility index (Phi) is 22.0. The van der Waals surface area contributed by atoms with Crippen molar-refractivity contribution in [2.24, 2.45) is 5.73 Å². The summed E-state index contributed by atoms with van der Waals surface area (Å²) in [6, 6.07) is -10.3. The van der Waals surface area contributed by atoms with Crippen molar-refractivity contribution >= 4 is 53.2 Å². The van der Waals surface area contributed by atoms with Crippen LogP contribution in [-0.2, 0) is 62.1 Å². The van der Waals surface area contributed by atoms with Gasteiger partial charge in [0.1, 0.15) is 85.0 Å². The minimum atomic E-state index is -2.00. The fraction of sp³-hybridized carbons (Fsp3) is 0.800. The van der Waals surface area contributed by atoms with Crippen LogP contribution in [0.25, 0.3) is 0 Å². The topological polar surface area (TPSA) is 440 Å². The molecular formula is C45H74N10O20. The summed E-state index contributed by atoms with van der Waals surface area (Å²) in [5.41, 5.74) is 5.31. The van der Waals surface area contributed by atoms with Gasteiger partial charge in [0, 0.05) is 20.0 Å². The van der Waals surface area contributed by atoms with Crippen molar-refractivity contribution in [2.45, 2.75) is 176 Å². The van der Waals surface area contributed by atoms with E-state index >= 15 is 0 Å². The van der Waals surface area contributed by atoms with Crippen LogP contribution in [0.4, 0.5) is 0 Å². The van der Waals surface area contributed by atoms with E-state index < -0.39 is 189 Å². The maximum Gasteiger partial charge on any atom is 0.246 e. The molecule has 424 valence electrons. The molecule has 5 rings (SSSR count). The number of amides is 9. The molecule has 5 heterocycles. The van der Waals surface area contributed by atoms with Gasteiger partial charge in [-0.05, 0) is 72.9 Å². The SMILES string of the molecule is CC(=O)N[C@@H]1C(O[C@@H]2OC(CO)[C@H](O)C(O)[C@H]2O)[C@@H](O)C(CO)O[C@H]1OC(C)C(NC(=O)C(CO)NC(=O)CNC(=O)C1CCCN1C)C(=O)NC(C)C(=O)N1CCCC1C(=O)N1CCCC1C(=O)NC(C)C(N)=O. The first-order chi connectivity index (χ1) is 35.4. The molecule has 5 aliphatic rings. The summed E-state index contributed by atoms with van der Waals surface area (Å²) < 4.78 is 23.4. The molecule has 0 bridgehead atoms. The van der Waals surface area contributed by atoms with Gasteiger partial charge < -0.3 is 102 Å². The molecule has 5 fully saturated rings. The highest BCUT2D eigenvalue weighted by molar-refractivity contribution is 5.98. The number of carbonyl (C=O) groups excluding carboxylic acids is 9. The van der Waals surface area contributed by atoms with Crippen LogP contribution in [0.2, 0.25) is 0 Å². The second-order valence-corrected chi connectivity index (χ2v) is 19.5. The minimum absolute atomic E-state index is 0.0715. The van der Waals surface area contributed by atoms with E-state index in [4.69, 9.17) is 24.7 Å². The highest BCUT2D eigenvalue weighted by Gasteiger charge is 2.53. The van der Waals surface area contributed by atoms with Crippen LogP contribution in [0.5, 0.6) is 0 Å². The molecular weight excluding hydrogens is 1000 g/mol. The normalized spacial score (nSPS) is 32.0. The molecule has 9 amide bonds. The number of primary amides is 1. The van der Waals surface area contributed by atoms with Crippen molar-refractivity contribution in [3.05, 3.63) is 0 Å². The van der Waals surface area contributed by atoms with E-state index in [-0.39, 0.29) is 25.9 Å². The second kappa shape index (κ2) is 27.2. The lowest BCUT2D eigenvalue weighted by Crippen LogP contribution is -2.69. The van der Waals surface area contributed by atoms with E-state index in [0.29, 0.717) is 25.8 Å². The van der Waals surface area contributed by atoms with E-state index in [1.54, 1.807) is 7.05 Å². The van der Waals surface area contributed by atoms with Crippen LogP contribution in [0.3, 0.4) is 0 Å². The number of hydrogen-bond acceptors (Lipinski definition) is 21. The summed E-state index contributed by atoms with van der Waals surface area (Å²) in [6.07, 6.45) is -15.2. The zero-order valence-corrected chi connectivity index (χ0v) is 42.4. The van der Waals surface area contributed by atoms with Crippen LogP contribution < -0.4 is 37.6 Å². The van der Waals surface area contributed by atoms with Crippen molar-refractivity contribution in [1.82, 2.24) is 46.6 Å². The van der Waals surface area contributed by atoms with Gasteiger partial charge in [-0.25, -0.2) is 0 Å². The van der Waals surface area contributed by atoms with Gasteiger partial charge in [-0.3, -0.25) is 48.1 Å². The number of aliphatic hydroxyl groups is 7. The first kappa shape index (κ1) is 60.6. The fourth-order valence-corrected chi connectivity index (χ4v) is 9.75. The average molecular weight is 1080 g/mol. The molecule has 0 spiro atoms. The number of carbonyl (C=O) groups is 9. The number of nitrogens with one attached hydrogen (secondary N) is 6. The maximum absolute atomic E-state index is 14.5. The monoisotopic (exact) mass is 1070 g/mol. The standard InChI is InChI=1S/C45H74N10O20/c1-19(37(46)65)48-40(68)25-10-7-13-54(25)43(71)26-11-8-14-55(26)42(70)20(2)49-41(69)30(52-38(66)23(16-56)51-29(60)15-47-39(67)24-9-6-12-53(24)5)21(3)72-44-31(50-22(4)59)36(33(62)28(18-58)73-44)75-45-35(64)34(63)32(61)27(17-57)74-45/h19-21,23-28,30-36,44-45,56-58,61-64H,6-18H2,1-5H3,(H2,46,65)(H,47,67)(H,48,68)(H,49,69)(H,50,59)(H,51,60)(H,52,66)/t19?,20?,21?,23?,24?,25?,26?,27?,28?,30?,31-,32+,33+,34?,35-,36?,44-,45+/m1/s1. The lowest BCUT2D eigenvalue weighted by atomic mass is 9.95. The number of aliphatic hydroxyl groups excluding tert-OH is 7. The summed E-state index contributed by atoms with van der Waals surface area (Å²) >= 11 is 0. The van der Waals surface area contributed by atoms with E-state index in [9.17, 15) is 78.9 Å². The summed E-state index contributed by atoms with van der Waals surface area (Å²) in [7, 11) is 1.75. The molecule has 18 atom stereocenters. The number of nitrogens with two attached hydrogens (primary N) is 1. The minimum Gasteiger partial charge on any atom is -0.394 e. The predicted octanol–water partition coefficient (Wildman–Crippen LogP) is -9.19. The Balaban J connectivity index is 1.38. The molecule has 0 aromatic carbocycles. The number of ether oxygens (including phenoxy) is 4. The fourth-order valence-electron chi connectivity index (χ4n) is 9.75. The van der Waals surface area contributed by atoms with Crippen LogP contribution in [-0.4, -0.2) is 266 Å². The summed E-state index contributed by atoms with van der Waals surface area (Å²) in [5.74, 6) is -7.11. The summed E-state index contributed by atoms with van der Waals surface area (Å²) in [5, 5.41) is 87.9. The van der Waals surface area contributed by atoms with Gasteiger partial charge in [-0.15, -0.1) is 0 Å². The molecule has 0 radical (unpaired) electrons. The smallest absolute Gasteiger partial charge is 0.246 e. The van der Waals surface area contributed by atoms with E-state index in [1.165, 1.54) is 30.6 Å². The third-order valence-electron chi connectivity index (χ3n) is 14.0. The van der Waals surface area contributed by atoms with Crippen LogP contribution >= 0.6 is 0 Å². The Morgan fingerprint density at radius 3 is 1.88 bits per heavy atom. The van der Waals surface area contributed by atoms with Gasteiger partial charge in [0.2, 0.25) is 53.2 Å². The van der Waals surface area contributed by atoms with E-state index in [0.717, 1.165) is 13.3 Å². The quantitative estimate of drug-likeness (QED) is 0.0479. The van der Waals surface area contributed by atoms with Gasteiger partial charge >= 0.3 is 0 Å². The van der Waals surface area contributed by atoms with E-state index in [1.807, 2.05) is 4.90 Å². The lowest BCUT2D eigenvalue weighted by Gasteiger charge is -2.48. The molecule has 0 aromatic heterocycles. The van der Waals surface area contributed by atoms with Gasteiger partial charge in [0.05, 0.1) is 38.5 Å². The Morgan fingerprint density at radius 1 is 0.680 bits per heavy atom. The summed E-state index contributed by atoms with van der Waals surface area (Å²) in [4.78, 5) is 124. The highest BCUT2D eigenvalue weighted by Crippen LogP contribution is 2.31. The predicted molar refractivity (Wildman–Crippen MR) is 252 cm³/mol. The molecule has 12 unspecified atom stereocenters. The first-order valence-corrected chi connectivity index (χ1v) is 25.0. The van der Waals surface area contributed by atoms with Gasteiger partial charge in [0.25, 0.3) is 0 Å². The zero-order chi connectivity index (χ0) is 55.6. The molecule has 0 aliphatic carbocycles. The molecule has 0 aromatic rings. The Hall–Kier alpha value is -5.25. The van der Waals surface area contributed by atoms with E-state index in [2.05, 4.69) is 31.9 Å².